The van der Waals surface area contributed by atoms with Crippen molar-refractivity contribution in [2.75, 3.05) is 5.32 Å². The topological polar surface area (TPSA) is 67.0 Å². The van der Waals surface area contributed by atoms with E-state index in [0.717, 1.165) is 5.69 Å². The summed E-state index contributed by atoms with van der Waals surface area (Å²) in [7, 11) is 0. The van der Waals surface area contributed by atoms with Gasteiger partial charge in [0.25, 0.3) is 0 Å². The van der Waals surface area contributed by atoms with E-state index in [9.17, 15) is 13.6 Å². The van der Waals surface area contributed by atoms with Crippen LogP contribution in [0.2, 0.25) is 0 Å². The number of H-pyrrole nitrogens is 1. The van der Waals surface area contributed by atoms with Crippen molar-refractivity contribution in [3.8, 4) is 5.75 Å². The number of rotatable bonds is 5. The molecule has 0 spiro atoms. The summed E-state index contributed by atoms with van der Waals surface area (Å²) >= 11 is 0. The zero-order valence-corrected chi connectivity index (χ0v) is 10.7. The van der Waals surface area contributed by atoms with Gasteiger partial charge >= 0.3 is 6.61 Å². The number of aromatic amines is 1. The number of aromatic nitrogens is 2. The molecule has 0 aliphatic heterocycles. The predicted molar refractivity (Wildman–Crippen MR) is 68.7 cm³/mol. The number of nitrogens with zero attached hydrogens (tertiary/aromatic N) is 1. The van der Waals surface area contributed by atoms with Crippen molar-refractivity contribution in [2.24, 2.45) is 0 Å². The van der Waals surface area contributed by atoms with Gasteiger partial charge in [-0.25, -0.2) is 0 Å². The quantitative estimate of drug-likeness (QED) is 0.884. The molecule has 0 saturated heterocycles. The van der Waals surface area contributed by atoms with Crippen LogP contribution in [0.25, 0.3) is 0 Å². The lowest BCUT2D eigenvalue weighted by Gasteiger charge is -2.05. The zero-order valence-electron chi connectivity index (χ0n) is 10.7. The molecule has 1 aromatic heterocycles. The van der Waals surface area contributed by atoms with Crippen molar-refractivity contribution < 1.29 is 18.3 Å². The van der Waals surface area contributed by atoms with Crippen LogP contribution in [-0.2, 0) is 11.2 Å². The van der Waals surface area contributed by atoms with Crippen LogP contribution in [0.1, 0.15) is 11.3 Å². The summed E-state index contributed by atoms with van der Waals surface area (Å²) in [4.78, 5) is 11.7. The van der Waals surface area contributed by atoms with E-state index in [1.165, 1.54) is 12.1 Å². The van der Waals surface area contributed by atoms with Gasteiger partial charge in [0.15, 0.2) is 5.82 Å². The monoisotopic (exact) mass is 281 g/mol. The van der Waals surface area contributed by atoms with E-state index in [4.69, 9.17) is 0 Å². The third-order valence-corrected chi connectivity index (χ3v) is 2.49. The number of carbonyl (C=O) groups is 1. The summed E-state index contributed by atoms with van der Waals surface area (Å²) in [6.45, 7) is -1.03. The van der Waals surface area contributed by atoms with Crippen molar-refractivity contribution >= 4 is 11.7 Å². The number of carbonyl (C=O) groups excluding carboxylic acids is 1. The van der Waals surface area contributed by atoms with Gasteiger partial charge in [0, 0.05) is 11.8 Å². The van der Waals surface area contributed by atoms with Gasteiger partial charge in [-0.05, 0) is 24.6 Å². The molecule has 0 unspecified atom stereocenters. The molecule has 2 rings (SSSR count). The molecule has 1 heterocycles. The number of aryl methyl sites for hydroxylation is 1. The number of hydrogen-bond acceptors (Lipinski definition) is 3. The minimum atomic E-state index is -2.85. The Morgan fingerprint density at radius 3 is 2.65 bits per heavy atom. The van der Waals surface area contributed by atoms with Crippen molar-refractivity contribution in [2.45, 2.75) is 20.0 Å². The molecule has 0 aliphatic carbocycles. The van der Waals surface area contributed by atoms with Crippen LogP contribution in [-0.4, -0.2) is 22.7 Å². The Balaban J connectivity index is 1.91. The average Bonchev–Trinajstić information content (AvgIpc) is 2.76. The standard InChI is InChI=1S/C13H13F2N3O2/c1-8-6-11(18-17-8)16-12(19)7-9-2-4-10(5-3-9)20-13(14)15/h2-6,13H,7H2,1H3,(H2,16,17,18,19). The Hall–Kier alpha value is -2.44. The fraction of sp³-hybridized carbons (Fsp3) is 0.231. The molecular formula is C13H13F2N3O2. The second-order valence-corrected chi connectivity index (χ2v) is 4.18. The van der Waals surface area contributed by atoms with Crippen molar-refractivity contribution in [3.05, 3.63) is 41.6 Å². The molecule has 7 heteroatoms. The highest BCUT2D eigenvalue weighted by Crippen LogP contribution is 2.15. The van der Waals surface area contributed by atoms with Crippen molar-refractivity contribution in [1.82, 2.24) is 10.2 Å². The number of nitrogens with one attached hydrogen (secondary N) is 2. The molecule has 0 saturated carbocycles. The van der Waals surface area contributed by atoms with E-state index in [0.29, 0.717) is 11.4 Å². The van der Waals surface area contributed by atoms with Gasteiger partial charge in [-0.1, -0.05) is 12.1 Å². The number of ether oxygens (including phenoxy) is 1. The molecule has 20 heavy (non-hydrogen) atoms. The summed E-state index contributed by atoms with van der Waals surface area (Å²) in [5.41, 5.74) is 1.53. The van der Waals surface area contributed by atoms with E-state index < -0.39 is 6.61 Å². The van der Waals surface area contributed by atoms with E-state index in [-0.39, 0.29) is 18.1 Å². The number of benzene rings is 1. The summed E-state index contributed by atoms with van der Waals surface area (Å²) in [6, 6.07) is 7.62. The maximum absolute atomic E-state index is 12.0. The van der Waals surface area contributed by atoms with Gasteiger partial charge < -0.3 is 10.1 Å². The molecule has 0 aliphatic rings. The largest absolute Gasteiger partial charge is 0.435 e. The second-order valence-electron chi connectivity index (χ2n) is 4.18. The van der Waals surface area contributed by atoms with E-state index >= 15 is 0 Å². The van der Waals surface area contributed by atoms with Crippen molar-refractivity contribution in [1.29, 1.82) is 0 Å². The minimum Gasteiger partial charge on any atom is -0.435 e. The van der Waals surface area contributed by atoms with Crippen LogP contribution in [0.15, 0.2) is 30.3 Å². The predicted octanol–water partition coefficient (Wildman–Crippen LogP) is 2.50. The third kappa shape index (κ3) is 4.04. The molecule has 0 radical (unpaired) electrons. The molecule has 0 fully saturated rings. The summed E-state index contributed by atoms with van der Waals surface area (Å²) < 4.78 is 28.2. The van der Waals surface area contributed by atoms with Gasteiger partial charge in [-0.3, -0.25) is 9.89 Å². The van der Waals surface area contributed by atoms with Gasteiger partial charge in [0.1, 0.15) is 5.75 Å². The molecule has 2 aromatic rings. The minimum absolute atomic E-state index is 0.0621. The smallest absolute Gasteiger partial charge is 0.387 e. The number of halogens is 2. The first-order chi connectivity index (χ1) is 9.52. The Morgan fingerprint density at radius 1 is 1.40 bits per heavy atom. The number of alkyl halides is 2. The Morgan fingerprint density at radius 2 is 2.10 bits per heavy atom. The highest BCUT2D eigenvalue weighted by molar-refractivity contribution is 5.91. The Kier molecular flexibility index (Phi) is 4.29. The Labute approximate surface area is 114 Å². The second kappa shape index (κ2) is 6.14. The van der Waals surface area contributed by atoms with E-state index in [1.54, 1.807) is 18.2 Å². The van der Waals surface area contributed by atoms with Crippen LogP contribution >= 0.6 is 0 Å². The van der Waals surface area contributed by atoms with Crippen LogP contribution in [0.3, 0.4) is 0 Å². The molecular weight excluding hydrogens is 268 g/mol. The highest BCUT2D eigenvalue weighted by Gasteiger charge is 2.08. The van der Waals surface area contributed by atoms with Crippen molar-refractivity contribution in [3.63, 3.8) is 0 Å². The molecule has 0 bridgehead atoms. The van der Waals surface area contributed by atoms with Gasteiger partial charge in [-0.2, -0.15) is 13.9 Å². The summed E-state index contributed by atoms with van der Waals surface area (Å²) in [5.74, 6) is 0.274. The Bertz CT molecular complexity index is 582. The fourth-order valence-corrected chi connectivity index (χ4v) is 1.64. The molecule has 5 nitrogen and oxygen atoms in total. The first kappa shape index (κ1) is 14.0. The number of hydrogen-bond donors (Lipinski definition) is 2. The first-order valence-corrected chi connectivity index (χ1v) is 5.88. The molecule has 0 atom stereocenters. The number of anilines is 1. The normalized spacial score (nSPS) is 10.6. The van der Waals surface area contributed by atoms with Crippen LogP contribution in [0, 0.1) is 6.92 Å². The van der Waals surface area contributed by atoms with Crippen LogP contribution in [0.5, 0.6) is 5.75 Å². The van der Waals surface area contributed by atoms with Gasteiger partial charge in [-0.15, -0.1) is 0 Å². The van der Waals surface area contributed by atoms with Crippen LogP contribution in [0.4, 0.5) is 14.6 Å². The van der Waals surface area contributed by atoms with Crippen LogP contribution < -0.4 is 10.1 Å². The first-order valence-electron chi connectivity index (χ1n) is 5.88. The molecule has 1 aromatic carbocycles. The highest BCUT2D eigenvalue weighted by atomic mass is 19.3. The van der Waals surface area contributed by atoms with Gasteiger partial charge in [0.05, 0.1) is 6.42 Å². The lowest BCUT2D eigenvalue weighted by Crippen LogP contribution is -2.14. The molecule has 106 valence electrons. The lowest BCUT2D eigenvalue weighted by molar-refractivity contribution is -0.115. The SMILES string of the molecule is Cc1cc(NC(=O)Cc2ccc(OC(F)F)cc2)n[nH]1. The number of amides is 1. The van der Waals surface area contributed by atoms with E-state index in [1.807, 2.05) is 6.92 Å². The molecule has 2 N–H and O–H groups in total. The summed E-state index contributed by atoms with van der Waals surface area (Å²) in [5, 5.41) is 9.22. The fourth-order valence-electron chi connectivity index (χ4n) is 1.64. The zero-order chi connectivity index (χ0) is 14.5. The van der Waals surface area contributed by atoms with E-state index in [2.05, 4.69) is 20.3 Å². The average molecular weight is 281 g/mol. The van der Waals surface area contributed by atoms with Gasteiger partial charge in [0.2, 0.25) is 5.91 Å². The third-order valence-electron chi connectivity index (χ3n) is 2.49. The molecule has 1 amide bonds. The maximum Gasteiger partial charge on any atom is 0.387 e. The lowest BCUT2D eigenvalue weighted by atomic mass is 10.1. The summed E-state index contributed by atoms with van der Waals surface area (Å²) in [6.07, 6.45) is 0.126. The maximum atomic E-state index is 12.0.